The van der Waals surface area contributed by atoms with E-state index in [1.165, 1.54) is 34.9 Å². The lowest BCUT2D eigenvalue weighted by Gasteiger charge is -2.11. The molecule has 9 heteroatoms. The highest BCUT2D eigenvalue weighted by molar-refractivity contribution is 6.03. The quantitative estimate of drug-likeness (QED) is 0.452. The Morgan fingerprint density at radius 3 is 2.45 bits per heavy atom. The fourth-order valence-electron chi connectivity index (χ4n) is 3.27. The average molecular weight is 391 g/mol. The molecule has 2 aromatic heterocycles. The lowest BCUT2D eigenvalue weighted by Crippen LogP contribution is -2.20. The van der Waals surface area contributed by atoms with Gasteiger partial charge in [0, 0.05) is 24.6 Å². The van der Waals surface area contributed by atoms with Crippen LogP contribution in [0.3, 0.4) is 0 Å². The van der Waals surface area contributed by atoms with E-state index in [9.17, 15) is 25.1 Å². The standard InChI is InChI=1S/C20H15N4O5/c1-23-15-5-3-2-4-13(15)18(25)16(20(23)27)17-14(19(26)22-21-17)10-11-6-8-12(9-7-11)24(28)29/h2-10H,1H3,(H3-,21,22,25,26,27,28,29)/q-1. The van der Waals surface area contributed by atoms with Gasteiger partial charge in [0.15, 0.2) is 0 Å². The van der Waals surface area contributed by atoms with Gasteiger partial charge < -0.3 is 20.1 Å². The molecule has 0 saturated heterocycles. The molecule has 0 saturated carbocycles. The van der Waals surface area contributed by atoms with Crippen LogP contribution >= 0.6 is 0 Å². The zero-order valence-corrected chi connectivity index (χ0v) is 15.2. The van der Waals surface area contributed by atoms with Crippen molar-refractivity contribution < 1.29 is 10.0 Å². The first-order valence-electron chi connectivity index (χ1n) is 8.59. The van der Waals surface area contributed by atoms with Crippen molar-refractivity contribution in [1.29, 1.82) is 0 Å². The molecule has 4 rings (SSSR count). The smallest absolute Gasteiger partial charge is 0.271 e. The molecule has 146 valence electrons. The van der Waals surface area contributed by atoms with Gasteiger partial charge in [-0.25, -0.2) is 0 Å². The van der Waals surface area contributed by atoms with Crippen molar-refractivity contribution in [2.75, 3.05) is 0 Å². The third kappa shape index (κ3) is 2.94. The van der Waals surface area contributed by atoms with Crippen molar-refractivity contribution in [2.45, 2.75) is 0 Å². The summed E-state index contributed by atoms with van der Waals surface area (Å²) in [4.78, 5) is 24.7. The third-order valence-electron chi connectivity index (χ3n) is 4.76. The monoisotopic (exact) mass is 391 g/mol. The molecule has 3 aromatic rings. The molecule has 1 aromatic carbocycles. The number of para-hydroxylation sites is 1. The molecule has 0 amide bonds. The number of pyridine rings is 1. The fourth-order valence-corrected chi connectivity index (χ4v) is 3.27. The topological polar surface area (TPSA) is 140 Å². The zero-order valence-electron chi connectivity index (χ0n) is 15.2. The minimum absolute atomic E-state index is 0.0438. The van der Waals surface area contributed by atoms with Gasteiger partial charge in [-0.2, -0.15) is 4.90 Å². The molecular formula is C20H15N4O5-. The molecule has 3 N–H and O–H groups in total. The van der Waals surface area contributed by atoms with E-state index in [4.69, 9.17) is 0 Å². The second kappa shape index (κ2) is 6.71. The molecule has 0 bridgehead atoms. The normalized spacial score (nSPS) is 13.3. The summed E-state index contributed by atoms with van der Waals surface area (Å²) in [6, 6.07) is 6.88. The summed E-state index contributed by atoms with van der Waals surface area (Å²) in [7, 11) is 1.58. The minimum atomic E-state index is -0.519. The summed E-state index contributed by atoms with van der Waals surface area (Å²) in [5, 5.41) is 37.9. The van der Waals surface area contributed by atoms with E-state index < -0.39 is 16.0 Å². The van der Waals surface area contributed by atoms with Gasteiger partial charge in [0.1, 0.15) is 11.3 Å². The minimum Gasteiger partial charge on any atom is -0.612 e. The Hall–Kier alpha value is -4.27. The van der Waals surface area contributed by atoms with Gasteiger partial charge in [0.05, 0.1) is 16.8 Å². The predicted molar refractivity (Wildman–Crippen MR) is 110 cm³/mol. The molecule has 0 radical (unpaired) electrons. The first kappa shape index (κ1) is 18.1. The van der Waals surface area contributed by atoms with E-state index in [0.29, 0.717) is 16.5 Å². The Balaban J connectivity index is 1.93. The van der Waals surface area contributed by atoms with E-state index >= 15 is 0 Å². The highest BCUT2D eigenvalue weighted by Crippen LogP contribution is 2.33. The molecule has 0 unspecified atom stereocenters. The van der Waals surface area contributed by atoms with Gasteiger partial charge in [-0.05, 0) is 35.9 Å². The second-order valence-electron chi connectivity index (χ2n) is 6.47. The number of fused-ring (bicyclic) bond motifs is 1. The fraction of sp³-hybridized carbons (Fsp3) is 0.0500. The van der Waals surface area contributed by atoms with Crippen LogP contribution < -0.4 is 11.1 Å². The van der Waals surface area contributed by atoms with Gasteiger partial charge in [-0.15, -0.1) is 0 Å². The number of nitrogens with zero attached hydrogens (tertiary/aromatic N) is 2. The van der Waals surface area contributed by atoms with E-state index in [1.807, 2.05) is 0 Å². The third-order valence-corrected chi connectivity index (χ3v) is 4.76. The van der Waals surface area contributed by atoms with Gasteiger partial charge in [0.25, 0.3) is 11.1 Å². The number of aromatic hydroxyl groups is 1. The number of aryl methyl sites for hydroxylation is 1. The maximum atomic E-state index is 12.9. The van der Waals surface area contributed by atoms with Crippen LogP contribution in [0, 0.1) is 10.4 Å². The number of aromatic amines is 2. The summed E-state index contributed by atoms with van der Waals surface area (Å²) in [6.45, 7) is 0. The Labute approximate surface area is 163 Å². The van der Waals surface area contributed by atoms with Crippen LogP contribution in [-0.4, -0.2) is 30.5 Å². The number of allylic oxidation sites excluding steroid dienone is 5. The molecular weight excluding hydrogens is 376 g/mol. The molecule has 0 atom stereocenters. The largest absolute Gasteiger partial charge is 0.612 e. The van der Waals surface area contributed by atoms with Crippen LogP contribution in [0.25, 0.3) is 28.2 Å². The van der Waals surface area contributed by atoms with Crippen molar-refractivity contribution in [1.82, 2.24) is 14.8 Å². The number of H-pyrrole nitrogens is 2. The maximum Gasteiger partial charge on any atom is 0.271 e. The van der Waals surface area contributed by atoms with Crippen LogP contribution in [0.15, 0.2) is 63.7 Å². The number of aromatic nitrogens is 3. The molecule has 2 heterocycles. The van der Waals surface area contributed by atoms with Gasteiger partial charge in [-0.1, -0.05) is 12.1 Å². The summed E-state index contributed by atoms with van der Waals surface area (Å²) in [5.41, 5.74) is 0.252. The van der Waals surface area contributed by atoms with Crippen molar-refractivity contribution in [3.05, 3.63) is 90.8 Å². The Bertz CT molecular complexity index is 1360. The second-order valence-corrected chi connectivity index (χ2v) is 6.47. The van der Waals surface area contributed by atoms with Crippen molar-refractivity contribution in [3.63, 3.8) is 0 Å². The van der Waals surface area contributed by atoms with Gasteiger partial charge in [-0.3, -0.25) is 19.8 Å². The molecule has 1 aliphatic carbocycles. The summed E-state index contributed by atoms with van der Waals surface area (Å²) < 4.78 is 1.39. The highest BCUT2D eigenvalue weighted by Gasteiger charge is 2.21. The lowest BCUT2D eigenvalue weighted by atomic mass is 10.0. The average Bonchev–Trinajstić information content (AvgIpc) is 3.07. The van der Waals surface area contributed by atoms with Crippen LogP contribution in [0.2, 0.25) is 0 Å². The first-order chi connectivity index (χ1) is 13.9. The Morgan fingerprint density at radius 2 is 1.76 bits per heavy atom. The number of hydrogen-bond donors (Lipinski definition) is 3. The summed E-state index contributed by atoms with van der Waals surface area (Å²) in [5.74, 6) is -0.239. The van der Waals surface area contributed by atoms with Crippen molar-refractivity contribution in [2.24, 2.45) is 7.05 Å². The van der Waals surface area contributed by atoms with E-state index in [-0.39, 0.29) is 28.3 Å². The highest BCUT2D eigenvalue weighted by atomic mass is 16.8. The Morgan fingerprint density at radius 1 is 1.07 bits per heavy atom. The Kier molecular flexibility index (Phi) is 4.19. The predicted octanol–water partition coefficient (Wildman–Crippen LogP) is 1.89. The number of rotatable bonds is 2. The van der Waals surface area contributed by atoms with Crippen LogP contribution in [0.1, 0.15) is 5.56 Å². The van der Waals surface area contributed by atoms with Gasteiger partial charge >= 0.3 is 0 Å². The lowest BCUT2D eigenvalue weighted by molar-refractivity contribution is -0.377. The van der Waals surface area contributed by atoms with Crippen LogP contribution in [0.4, 0.5) is 0 Å². The number of hydrogen-bond acceptors (Lipinski definition) is 5. The van der Waals surface area contributed by atoms with Crippen LogP contribution in [0.5, 0.6) is 5.75 Å². The summed E-state index contributed by atoms with van der Waals surface area (Å²) in [6.07, 6.45) is 7.11. The first-order valence-corrected chi connectivity index (χ1v) is 8.59. The summed E-state index contributed by atoms with van der Waals surface area (Å²) >= 11 is 0. The van der Waals surface area contributed by atoms with Crippen LogP contribution in [-0.2, 0) is 7.05 Å². The molecule has 9 nitrogen and oxygen atoms in total. The van der Waals surface area contributed by atoms with E-state index in [0.717, 1.165) is 0 Å². The maximum absolute atomic E-state index is 12.9. The van der Waals surface area contributed by atoms with Crippen molar-refractivity contribution in [3.8, 4) is 17.0 Å². The molecule has 0 fully saturated rings. The SMILES string of the molecule is Cn1c(=O)c(-c2[nH][nH]c(=O)c2C=C2C=CC(=[N+]([O-])[O-])C=C2)c(O)c2ccccc21. The number of benzene rings is 1. The molecule has 29 heavy (non-hydrogen) atoms. The molecule has 0 spiro atoms. The number of nitrogens with one attached hydrogen (secondary N) is 2. The molecule has 1 aliphatic rings. The van der Waals surface area contributed by atoms with Crippen molar-refractivity contribution >= 4 is 22.7 Å². The van der Waals surface area contributed by atoms with Gasteiger partial charge in [0.2, 0.25) is 5.71 Å². The van der Waals surface area contributed by atoms with E-state index in [1.54, 1.807) is 31.3 Å². The molecule has 0 aliphatic heterocycles. The van der Waals surface area contributed by atoms with E-state index in [2.05, 4.69) is 10.2 Å². The zero-order chi connectivity index (χ0) is 20.7.